The van der Waals surface area contributed by atoms with Gasteiger partial charge in [0.15, 0.2) is 0 Å². The SMILES string of the molecule is [2H]COc1ccc(F)cc1C(=O)O. The maximum absolute atomic E-state index is 12.6. The van der Waals surface area contributed by atoms with Crippen LogP contribution in [0.4, 0.5) is 4.39 Å². The molecular formula is C8H7FO3. The zero-order valence-electron chi connectivity index (χ0n) is 7.08. The third kappa shape index (κ3) is 1.53. The van der Waals surface area contributed by atoms with Crippen molar-refractivity contribution >= 4 is 5.97 Å². The maximum Gasteiger partial charge on any atom is 0.339 e. The molecule has 0 aliphatic carbocycles. The van der Waals surface area contributed by atoms with Crippen LogP contribution in [0.3, 0.4) is 0 Å². The summed E-state index contributed by atoms with van der Waals surface area (Å²) in [6.45, 7) is 0. The van der Waals surface area contributed by atoms with E-state index in [9.17, 15) is 9.18 Å². The van der Waals surface area contributed by atoms with Crippen LogP contribution in [-0.2, 0) is 0 Å². The van der Waals surface area contributed by atoms with E-state index in [0.717, 1.165) is 12.1 Å². The Labute approximate surface area is 69.8 Å². The zero-order valence-corrected chi connectivity index (χ0v) is 6.08. The maximum atomic E-state index is 12.6. The number of carboxylic acid groups (broad SMARTS) is 1. The molecule has 1 N–H and O–H groups in total. The lowest BCUT2D eigenvalue weighted by Crippen LogP contribution is -2.00. The number of hydrogen-bond donors (Lipinski definition) is 1. The minimum Gasteiger partial charge on any atom is -0.496 e. The molecule has 0 spiro atoms. The first-order valence-electron chi connectivity index (χ1n) is 3.80. The fourth-order valence-corrected chi connectivity index (χ4v) is 0.795. The Morgan fingerprint density at radius 1 is 1.75 bits per heavy atom. The lowest BCUT2D eigenvalue weighted by molar-refractivity contribution is 0.0692. The van der Waals surface area contributed by atoms with Crippen molar-refractivity contribution in [2.75, 3.05) is 7.09 Å². The van der Waals surface area contributed by atoms with Crippen LogP contribution in [0.25, 0.3) is 0 Å². The molecule has 0 saturated carbocycles. The largest absolute Gasteiger partial charge is 0.496 e. The van der Waals surface area contributed by atoms with Gasteiger partial charge >= 0.3 is 5.97 Å². The Kier molecular flexibility index (Phi) is 1.90. The van der Waals surface area contributed by atoms with Crippen LogP contribution in [-0.4, -0.2) is 18.2 Å². The summed E-state index contributed by atoms with van der Waals surface area (Å²) in [4.78, 5) is 10.5. The number of methoxy groups -OCH3 is 1. The van der Waals surface area contributed by atoms with Gasteiger partial charge in [-0.15, -0.1) is 0 Å². The van der Waals surface area contributed by atoms with Gasteiger partial charge in [-0.1, -0.05) is 0 Å². The second-order valence-electron chi connectivity index (χ2n) is 2.09. The number of ether oxygens (including phenoxy) is 1. The van der Waals surface area contributed by atoms with Crippen molar-refractivity contribution < 1.29 is 20.4 Å². The molecule has 0 amide bonds. The summed E-state index contributed by atoms with van der Waals surface area (Å²) in [6.07, 6.45) is 0. The Morgan fingerprint density at radius 2 is 2.50 bits per heavy atom. The van der Waals surface area contributed by atoms with Crippen molar-refractivity contribution in [1.29, 1.82) is 0 Å². The van der Waals surface area contributed by atoms with Gasteiger partial charge in [-0.2, -0.15) is 0 Å². The second-order valence-corrected chi connectivity index (χ2v) is 2.09. The van der Waals surface area contributed by atoms with Gasteiger partial charge in [-0.3, -0.25) is 0 Å². The molecular weight excluding hydrogens is 163 g/mol. The summed E-state index contributed by atoms with van der Waals surface area (Å²) >= 11 is 0. The quantitative estimate of drug-likeness (QED) is 0.733. The van der Waals surface area contributed by atoms with Crippen LogP contribution < -0.4 is 4.74 Å². The molecule has 0 atom stereocenters. The Hall–Kier alpha value is -1.58. The van der Waals surface area contributed by atoms with Gasteiger partial charge in [-0.25, -0.2) is 9.18 Å². The number of rotatable bonds is 2. The molecule has 0 heterocycles. The van der Waals surface area contributed by atoms with Crippen LogP contribution in [0.15, 0.2) is 18.2 Å². The van der Waals surface area contributed by atoms with Gasteiger partial charge in [0.2, 0.25) is 0 Å². The first kappa shape index (κ1) is 7.09. The molecule has 0 radical (unpaired) electrons. The predicted octanol–water partition coefficient (Wildman–Crippen LogP) is 1.53. The van der Waals surface area contributed by atoms with Crippen LogP contribution >= 0.6 is 0 Å². The molecule has 0 fully saturated rings. The number of hydrogen-bond acceptors (Lipinski definition) is 2. The van der Waals surface area contributed by atoms with Crippen LogP contribution in [0.1, 0.15) is 11.7 Å². The molecule has 0 aromatic heterocycles. The molecule has 4 heteroatoms. The van der Waals surface area contributed by atoms with Gasteiger partial charge < -0.3 is 9.84 Å². The fraction of sp³-hybridized carbons (Fsp3) is 0.125. The van der Waals surface area contributed by atoms with E-state index in [0.29, 0.717) is 0 Å². The molecule has 64 valence electrons. The van der Waals surface area contributed by atoms with E-state index < -0.39 is 18.9 Å². The van der Waals surface area contributed by atoms with Gasteiger partial charge in [0.1, 0.15) is 17.1 Å². The highest BCUT2D eigenvalue weighted by Crippen LogP contribution is 2.18. The molecule has 0 unspecified atom stereocenters. The number of benzene rings is 1. The number of aromatic carboxylic acids is 1. The predicted molar refractivity (Wildman–Crippen MR) is 39.9 cm³/mol. The summed E-state index contributed by atoms with van der Waals surface area (Å²) in [5.74, 6) is -1.92. The third-order valence-corrected chi connectivity index (χ3v) is 1.33. The van der Waals surface area contributed by atoms with Gasteiger partial charge in [0.25, 0.3) is 0 Å². The number of halogens is 1. The molecule has 0 bridgehead atoms. The van der Waals surface area contributed by atoms with Crippen molar-refractivity contribution in [2.24, 2.45) is 0 Å². The molecule has 0 saturated heterocycles. The molecule has 0 aliphatic heterocycles. The van der Waals surface area contributed by atoms with Gasteiger partial charge in [0.05, 0.1) is 8.46 Å². The Balaban J connectivity index is 3.10. The van der Waals surface area contributed by atoms with E-state index in [4.69, 9.17) is 6.48 Å². The molecule has 3 nitrogen and oxygen atoms in total. The smallest absolute Gasteiger partial charge is 0.339 e. The van der Waals surface area contributed by atoms with Crippen molar-refractivity contribution in [3.05, 3.63) is 29.6 Å². The van der Waals surface area contributed by atoms with E-state index in [2.05, 4.69) is 4.74 Å². The summed E-state index contributed by atoms with van der Waals surface area (Å²) in [5.41, 5.74) is -0.271. The van der Waals surface area contributed by atoms with Gasteiger partial charge in [-0.05, 0) is 18.2 Å². The Morgan fingerprint density at radius 3 is 3.08 bits per heavy atom. The third-order valence-electron chi connectivity index (χ3n) is 1.33. The molecule has 0 aliphatic rings. The summed E-state index contributed by atoms with van der Waals surface area (Å²) in [5, 5.41) is 8.61. The molecule has 12 heavy (non-hydrogen) atoms. The highest BCUT2D eigenvalue weighted by Gasteiger charge is 2.10. The lowest BCUT2D eigenvalue weighted by Gasteiger charge is -2.03. The van der Waals surface area contributed by atoms with Crippen molar-refractivity contribution in [1.82, 2.24) is 0 Å². The normalized spacial score (nSPS) is 10.6. The highest BCUT2D eigenvalue weighted by atomic mass is 19.1. The zero-order chi connectivity index (χ0) is 9.84. The number of carboxylic acids is 1. The average molecular weight is 171 g/mol. The summed E-state index contributed by atoms with van der Waals surface area (Å²) < 4.78 is 24.0. The highest BCUT2D eigenvalue weighted by molar-refractivity contribution is 5.90. The van der Waals surface area contributed by atoms with Gasteiger partial charge in [0, 0.05) is 0 Å². The molecule has 1 aromatic carbocycles. The monoisotopic (exact) mass is 171 g/mol. The first-order valence-corrected chi connectivity index (χ1v) is 3.10. The van der Waals surface area contributed by atoms with E-state index in [1.807, 2.05) is 0 Å². The van der Waals surface area contributed by atoms with Crippen LogP contribution in [0.2, 0.25) is 0 Å². The van der Waals surface area contributed by atoms with Crippen LogP contribution in [0.5, 0.6) is 5.75 Å². The van der Waals surface area contributed by atoms with Crippen LogP contribution in [0, 0.1) is 5.82 Å². The second kappa shape index (κ2) is 3.21. The van der Waals surface area contributed by atoms with Crippen molar-refractivity contribution in [3.63, 3.8) is 0 Å². The van der Waals surface area contributed by atoms with E-state index in [1.54, 1.807) is 0 Å². The fourth-order valence-electron chi connectivity index (χ4n) is 0.795. The first-order chi connectivity index (χ1) is 6.15. The minimum atomic E-state index is -1.28. The Bertz CT molecular complexity index is 327. The molecule has 1 aromatic rings. The lowest BCUT2D eigenvalue weighted by atomic mass is 10.2. The average Bonchev–Trinajstić information content (AvgIpc) is 2.08. The van der Waals surface area contributed by atoms with E-state index in [-0.39, 0.29) is 11.3 Å². The summed E-state index contributed by atoms with van der Waals surface area (Å²) in [7, 11) is -0.397. The topological polar surface area (TPSA) is 46.5 Å². The van der Waals surface area contributed by atoms with Crippen molar-refractivity contribution in [3.8, 4) is 5.75 Å². The summed E-state index contributed by atoms with van der Waals surface area (Å²) in [6, 6.07) is 3.12. The van der Waals surface area contributed by atoms with E-state index in [1.165, 1.54) is 6.07 Å². The molecule has 1 rings (SSSR count). The number of carbonyl (C=O) groups is 1. The standard InChI is InChI=1S/C8H7FO3/c1-12-7-3-2-5(9)4-6(7)8(10)11/h2-4H,1H3,(H,10,11)/i1D. The van der Waals surface area contributed by atoms with E-state index >= 15 is 0 Å². The van der Waals surface area contributed by atoms with Crippen molar-refractivity contribution in [2.45, 2.75) is 0 Å². The minimum absolute atomic E-state index is 0.00361.